The average molecular weight is 492 g/mol. The Bertz CT molecular complexity index is 1180. The van der Waals surface area contributed by atoms with Crippen LogP contribution in [-0.4, -0.2) is 46.3 Å². The maximum absolute atomic E-state index is 13.1. The predicted octanol–water partition coefficient (Wildman–Crippen LogP) is 5.76. The normalized spacial score (nSPS) is 11.2. The second-order valence-electron chi connectivity index (χ2n) is 9.77. The topological polar surface area (TPSA) is 88.5 Å². The summed E-state index contributed by atoms with van der Waals surface area (Å²) in [6, 6.07) is 16.7. The van der Waals surface area contributed by atoms with Gasteiger partial charge in [-0.3, -0.25) is 4.79 Å². The number of hydrogen-bond donors (Lipinski definition) is 2. The molecule has 0 aliphatic heterocycles. The van der Waals surface area contributed by atoms with E-state index in [9.17, 15) is 9.59 Å². The number of hydrogen-bond acceptors (Lipinski definition) is 4. The third-order valence-corrected chi connectivity index (χ3v) is 5.52. The monoisotopic (exact) mass is 491 g/mol. The van der Waals surface area contributed by atoms with Gasteiger partial charge in [-0.2, -0.15) is 5.10 Å². The highest BCUT2D eigenvalue weighted by Gasteiger charge is 2.23. The Morgan fingerprint density at radius 3 is 2.36 bits per heavy atom. The molecule has 192 valence electrons. The molecule has 36 heavy (non-hydrogen) atoms. The van der Waals surface area contributed by atoms with E-state index in [-0.39, 0.29) is 23.9 Å². The summed E-state index contributed by atoms with van der Waals surface area (Å²) in [6.07, 6.45) is 0.722. The number of anilines is 2. The lowest BCUT2D eigenvalue weighted by atomic mass is 9.92. The standard InChI is InChI=1S/C28H37N5O3/c1-7-16-32(27(35)29-21-12-14-23(15-13-21)36-8-2)19-26(34)30-25-18-24(28(4,5)6)31-33(25)22-11-9-10-20(3)17-22/h9-15,17-18H,7-8,16,19H2,1-6H3,(H,29,35)(H,30,34). The van der Waals surface area contributed by atoms with Gasteiger partial charge in [0.05, 0.1) is 18.0 Å². The van der Waals surface area contributed by atoms with Gasteiger partial charge in [-0.15, -0.1) is 0 Å². The number of amides is 3. The number of carbonyl (C=O) groups is 2. The molecule has 1 aromatic heterocycles. The number of rotatable bonds is 9. The van der Waals surface area contributed by atoms with E-state index in [1.165, 1.54) is 4.90 Å². The second kappa shape index (κ2) is 11.7. The Balaban J connectivity index is 1.76. The van der Waals surface area contributed by atoms with Crippen LogP contribution < -0.4 is 15.4 Å². The zero-order chi connectivity index (χ0) is 26.3. The Kier molecular flexibility index (Phi) is 8.74. The fraction of sp³-hybridized carbons (Fsp3) is 0.393. The van der Waals surface area contributed by atoms with E-state index >= 15 is 0 Å². The van der Waals surface area contributed by atoms with Gasteiger partial charge in [-0.05, 0) is 62.2 Å². The van der Waals surface area contributed by atoms with Crippen LogP contribution in [0.15, 0.2) is 54.6 Å². The summed E-state index contributed by atoms with van der Waals surface area (Å²) in [4.78, 5) is 27.5. The molecule has 0 bridgehead atoms. The molecule has 8 nitrogen and oxygen atoms in total. The zero-order valence-electron chi connectivity index (χ0n) is 22.1. The summed E-state index contributed by atoms with van der Waals surface area (Å²) < 4.78 is 7.19. The van der Waals surface area contributed by atoms with Crippen LogP contribution in [-0.2, 0) is 10.2 Å². The van der Waals surface area contributed by atoms with E-state index < -0.39 is 0 Å². The van der Waals surface area contributed by atoms with Gasteiger partial charge in [-0.1, -0.05) is 39.8 Å². The van der Waals surface area contributed by atoms with Crippen molar-refractivity contribution in [2.45, 2.75) is 53.4 Å². The number of nitrogens with zero attached hydrogens (tertiary/aromatic N) is 3. The quantitative estimate of drug-likeness (QED) is 0.398. The van der Waals surface area contributed by atoms with Gasteiger partial charge in [0, 0.05) is 23.7 Å². The number of carbonyl (C=O) groups excluding carboxylic acids is 2. The number of nitrogens with one attached hydrogen (secondary N) is 2. The van der Waals surface area contributed by atoms with Gasteiger partial charge in [0.25, 0.3) is 0 Å². The Labute approximate surface area is 213 Å². The Morgan fingerprint density at radius 2 is 1.75 bits per heavy atom. The lowest BCUT2D eigenvalue weighted by molar-refractivity contribution is -0.116. The highest BCUT2D eigenvalue weighted by molar-refractivity contribution is 5.96. The van der Waals surface area contributed by atoms with Gasteiger partial charge in [0.15, 0.2) is 0 Å². The molecule has 0 aliphatic carbocycles. The minimum absolute atomic E-state index is 0.0828. The molecule has 0 spiro atoms. The van der Waals surface area contributed by atoms with Crippen molar-refractivity contribution in [2.75, 3.05) is 30.3 Å². The molecule has 1 heterocycles. The number of ether oxygens (including phenoxy) is 1. The van der Waals surface area contributed by atoms with Crippen molar-refractivity contribution in [1.29, 1.82) is 0 Å². The summed E-state index contributed by atoms with van der Waals surface area (Å²) in [5.74, 6) is 1.01. The van der Waals surface area contributed by atoms with E-state index in [2.05, 4.69) is 31.4 Å². The summed E-state index contributed by atoms with van der Waals surface area (Å²) >= 11 is 0. The molecule has 0 aliphatic rings. The van der Waals surface area contributed by atoms with Crippen LogP contribution in [0.1, 0.15) is 52.3 Å². The minimum atomic E-state index is -0.335. The predicted molar refractivity (Wildman–Crippen MR) is 144 cm³/mol. The van der Waals surface area contributed by atoms with Gasteiger partial charge in [-0.25, -0.2) is 9.48 Å². The van der Waals surface area contributed by atoms with Gasteiger partial charge < -0.3 is 20.3 Å². The molecule has 0 fully saturated rings. The summed E-state index contributed by atoms with van der Waals surface area (Å²) in [5.41, 5.74) is 3.26. The molecule has 0 radical (unpaired) electrons. The number of benzene rings is 2. The molecule has 2 aromatic carbocycles. The molecule has 2 N–H and O–H groups in total. The first kappa shape index (κ1) is 26.8. The summed E-state index contributed by atoms with van der Waals surface area (Å²) in [6.45, 7) is 13.1. The minimum Gasteiger partial charge on any atom is -0.494 e. The van der Waals surface area contributed by atoms with Crippen molar-refractivity contribution in [3.05, 3.63) is 65.9 Å². The van der Waals surface area contributed by atoms with Crippen molar-refractivity contribution >= 4 is 23.4 Å². The van der Waals surface area contributed by atoms with Crippen molar-refractivity contribution in [3.8, 4) is 11.4 Å². The third kappa shape index (κ3) is 7.10. The first-order chi connectivity index (χ1) is 17.1. The molecule has 0 unspecified atom stereocenters. The van der Waals surface area contributed by atoms with Gasteiger partial charge in [0.1, 0.15) is 18.1 Å². The highest BCUT2D eigenvalue weighted by Crippen LogP contribution is 2.26. The molecular formula is C28H37N5O3. The largest absolute Gasteiger partial charge is 0.494 e. The molecule has 3 rings (SSSR count). The SMILES string of the molecule is CCCN(CC(=O)Nc1cc(C(C)(C)C)nn1-c1cccc(C)c1)C(=O)Nc1ccc(OCC)cc1. The van der Waals surface area contributed by atoms with Gasteiger partial charge in [0.2, 0.25) is 5.91 Å². The number of aromatic nitrogens is 2. The van der Waals surface area contributed by atoms with Gasteiger partial charge >= 0.3 is 6.03 Å². The van der Waals surface area contributed by atoms with E-state index in [4.69, 9.17) is 9.84 Å². The maximum atomic E-state index is 13.1. The molecule has 3 aromatic rings. The van der Waals surface area contributed by atoms with Crippen LogP contribution in [0.4, 0.5) is 16.3 Å². The van der Waals surface area contributed by atoms with Crippen LogP contribution >= 0.6 is 0 Å². The first-order valence-electron chi connectivity index (χ1n) is 12.4. The fourth-order valence-electron chi connectivity index (χ4n) is 3.67. The molecule has 0 atom stereocenters. The maximum Gasteiger partial charge on any atom is 0.322 e. The Hall–Kier alpha value is -3.81. The van der Waals surface area contributed by atoms with E-state index in [1.54, 1.807) is 28.9 Å². The van der Waals surface area contributed by atoms with Crippen LogP contribution in [0, 0.1) is 6.92 Å². The lowest BCUT2D eigenvalue weighted by Crippen LogP contribution is -2.41. The Morgan fingerprint density at radius 1 is 1.03 bits per heavy atom. The smallest absolute Gasteiger partial charge is 0.322 e. The van der Waals surface area contributed by atoms with Crippen molar-refractivity contribution < 1.29 is 14.3 Å². The van der Waals surface area contributed by atoms with Crippen LogP contribution in [0.5, 0.6) is 5.75 Å². The van der Waals surface area contributed by atoms with Crippen molar-refractivity contribution in [1.82, 2.24) is 14.7 Å². The molecule has 8 heteroatoms. The van der Waals surface area contributed by atoms with E-state index in [1.807, 2.05) is 51.1 Å². The first-order valence-corrected chi connectivity index (χ1v) is 12.4. The lowest BCUT2D eigenvalue weighted by Gasteiger charge is -2.22. The second-order valence-corrected chi connectivity index (χ2v) is 9.77. The number of aryl methyl sites for hydroxylation is 1. The average Bonchev–Trinajstić information content (AvgIpc) is 3.24. The summed E-state index contributed by atoms with van der Waals surface area (Å²) in [5, 5.41) is 10.6. The summed E-state index contributed by atoms with van der Waals surface area (Å²) in [7, 11) is 0. The van der Waals surface area contributed by atoms with Crippen molar-refractivity contribution in [3.63, 3.8) is 0 Å². The third-order valence-electron chi connectivity index (χ3n) is 5.52. The molecule has 0 saturated carbocycles. The molecule has 3 amide bonds. The van der Waals surface area contributed by atoms with Crippen LogP contribution in [0.2, 0.25) is 0 Å². The van der Waals surface area contributed by atoms with Crippen molar-refractivity contribution in [2.24, 2.45) is 0 Å². The number of urea groups is 1. The highest BCUT2D eigenvalue weighted by atomic mass is 16.5. The van der Waals surface area contributed by atoms with E-state index in [0.717, 1.165) is 29.1 Å². The molecular weight excluding hydrogens is 454 g/mol. The van der Waals surface area contributed by atoms with Crippen LogP contribution in [0.3, 0.4) is 0 Å². The van der Waals surface area contributed by atoms with Crippen LogP contribution in [0.25, 0.3) is 5.69 Å². The molecule has 0 saturated heterocycles. The van der Waals surface area contributed by atoms with E-state index in [0.29, 0.717) is 24.7 Å². The fourth-order valence-corrected chi connectivity index (χ4v) is 3.67. The zero-order valence-corrected chi connectivity index (χ0v) is 22.1.